The van der Waals surface area contributed by atoms with Crippen LogP contribution in [0.2, 0.25) is 0 Å². The largest absolute Gasteiger partial charge is 0.375 e. The van der Waals surface area contributed by atoms with Crippen LogP contribution in [0, 0.1) is 0 Å². The van der Waals surface area contributed by atoms with Crippen molar-refractivity contribution in [3.63, 3.8) is 0 Å². The highest BCUT2D eigenvalue weighted by Crippen LogP contribution is 2.17. The number of H-pyrrole nitrogens is 1. The Morgan fingerprint density at radius 3 is 2.73 bits per heavy atom. The van der Waals surface area contributed by atoms with Crippen molar-refractivity contribution >= 4 is 39.4 Å². The van der Waals surface area contributed by atoms with Crippen LogP contribution in [0.5, 0.6) is 0 Å². The summed E-state index contributed by atoms with van der Waals surface area (Å²) in [6, 6.07) is 7.71. The zero-order valence-electron chi connectivity index (χ0n) is 14.3. The van der Waals surface area contributed by atoms with Crippen LogP contribution in [0.15, 0.2) is 30.5 Å². The Hall–Kier alpha value is -2.49. The molecule has 1 amide bonds. The van der Waals surface area contributed by atoms with E-state index in [0.717, 1.165) is 43.8 Å². The Labute approximate surface area is 155 Å². The molecule has 0 spiro atoms. The number of benzene rings is 1. The minimum Gasteiger partial charge on any atom is -0.375 e. The number of nitrogens with one attached hydrogen (secondary N) is 2. The van der Waals surface area contributed by atoms with E-state index in [1.807, 2.05) is 30.5 Å². The van der Waals surface area contributed by atoms with Gasteiger partial charge in [0.05, 0.1) is 17.6 Å². The van der Waals surface area contributed by atoms with Crippen molar-refractivity contribution in [2.24, 2.45) is 0 Å². The molecule has 26 heavy (non-hydrogen) atoms. The summed E-state index contributed by atoms with van der Waals surface area (Å²) < 4.78 is 0. The second-order valence-electron chi connectivity index (χ2n) is 6.37. The number of nitrogens with two attached hydrogens (primary N) is 1. The van der Waals surface area contributed by atoms with Crippen molar-refractivity contribution in [1.82, 2.24) is 24.8 Å². The number of fused-ring (bicyclic) bond motifs is 1. The number of amides is 1. The first-order valence-corrected chi connectivity index (χ1v) is 9.37. The minimum atomic E-state index is -0.0484. The van der Waals surface area contributed by atoms with E-state index >= 15 is 0 Å². The van der Waals surface area contributed by atoms with Gasteiger partial charge in [-0.1, -0.05) is 12.1 Å². The lowest BCUT2D eigenvalue weighted by Crippen LogP contribution is -2.48. The monoisotopic (exact) mass is 371 g/mol. The van der Waals surface area contributed by atoms with Gasteiger partial charge in [-0.25, -0.2) is 9.97 Å². The van der Waals surface area contributed by atoms with Crippen molar-refractivity contribution < 1.29 is 4.79 Å². The third kappa shape index (κ3) is 4.01. The zero-order valence-corrected chi connectivity index (χ0v) is 15.1. The number of nitrogen functional groups attached to an aromatic ring is 1. The first kappa shape index (κ1) is 17.0. The molecule has 1 fully saturated rings. The normalized spacial score (nSPS) is 16.2. The number of hydrogen-bond acceptors (Lipinski definition) is 7. The van der Waals surface area contributed by atoms with Crippen LogP contribution in [0.4, 0.5) is 11.1 Å². The number of carbonyl (C=O) groups excluding carboxylic acids is 1. The van der Waals surface area contributed by atoms with Gasteiger partial charge in [-0.15, -0.1) is 11.3 Å². The molecule has 3 heterocycles. The Morgan fingerprint density at radius 2 is 2.00 bits per heavy atom. The average molecular weight is 371 g/mol. The Bertz CT molecular complexity index is 864. The summed E-state index contributed by atoms with van der Waals surface area (Å²) in [5.41, 5.74) is 7.44. The van der Waals surface area contributed by atoms with Crippen molar-refractivity contribution in [3.05, 3.63) is 35.3 Å². The molecule has 1 aliphatic heterocycles. The number of aromatic amines is 1. The topological polar surface area (TPSA) is 103 Å². The number of thiazole rings is 1. The number of rotatable bonds is 5. The molecule has 8 nitrogen and oxygen atoms in total. The van der Waals surface area contributed by atoms with Gasteiger partial charge >= 0.3 is 0 Å². The van der Waals surface area contributed by atoms with Crippen LogP contribution in [0.1, 0.15) is 4.88 Å². The number of hydrogen-bond donors (Lipinski definition) is 3. The second kappa shape index (κ2) is 7.40. The van der Waals surface area contributed by atoms with E-state index in [4.69, 9.17) is 5.73 Å². The van der Waals surface area contributed by atoms with E-state index in [1.165, 1.54) is 16.2 Å². The van der Waals surface area contributed by atoms with Crippen molar-refractivity contribution in [2.75, 3.05) is 43.8 Å². The third-order valence-corrected chi connectivity index (χ3v) is 5.24. The van der Waals surface area contributed by atoms with Gasteiger partial charge in [0.15, 0.2) is 5.13 Å². The van der Waals surface area contributed by atoms with E-state index in [2.05, 4.69) is 30.1 Å². The lowest BCUT2D eigenvalue weighted by atomic mass is 10.3. The molecule has 0 unspecified atom stereocenters. The van der Waals surface area contributed by atoms with Gasteiger partial charge < -0.3 is 10.7 Å². The van der Waals surface area contributed by atoms with Crippen molar-refractivity contribution in [3.8, 4) is 0 Å². The lowest BCUT2D eigenvalue weighted by molar-refractivity contribution is -0.117. The standard InChI is InChI=1S/C17H21N7OS/c18-16-19-9-12(26-16)10-23-5-7-24(8-6-23)11-15(25)22-17-20-13-3-1-2-4-14(13)21-17/h1-4,9H,5-8,10-11H2,(H2,18,19)(H2,20,21,22,25). The molecule has 1 aromatic carbocycles. The van der Waals surface area contributed by atoms with E-state index in [1.54, 1.807) is 0 Å². The number of piperazine rings is 1. The summed E-state index contributed by atoms with van der Waals surface area (Å²) in [4.78, 5) is 29.6. The highest BCUT2D eigenvalue weighted by Gasteiger charge is 2.20. The molecule has 1 aliphatic rings. The SMILES string of the molecule is Nc1ncc(CN2CCN(CC(=O)Nc3nc4ccccc4[nH]3)CC2)s1. The number of anilines is 2. The lowest BCUT2D eigenvalue weighted by Gasteiger charge is -2.33. The van der Waals surface area contributed by atoms with Crippen LogP contribution < -0.4 is 11.1 Å². The van der Waals surface area contributed by atoms with Crippen LogP contribution in [0.25, 0.3) is 11.0 Å². The fourth-order valence-corrected chi connectivity index (χ4v) is 3.83. The molecular weight excluding hydrogens is 350 g/mol. The van der Waals surface area contributed by atoms with Gasteiger partial charge in [-0.3, -0.25) is 19.9 Å². The average Bonchev–Trinajstić information content (AvgIpc) is 3.21. The number of carbonyl (C=O) groups is 1. The first-order valence-electron chi connectivity index (χ1n) is 8.55. The number of para-hydroxylation sites is 2. The molecule has 4 rings (SSSR count). The Kier molecular flexibility index (Phi) is 4.83. The highest BCUT2D eigenvalue weighted by molar-refractivity contribution is 7.15. The molecule has 0 radical (unpaired) electrons. The smallest absolute Gasteiger partial charge is 0.240 e. The van der Waals surface area contributed by atoms with Gasteiger partial charge in [0.25, 0.3) is 0 Å². The minimum absolute atomic E-state index is 0.0484. The maximum Gasteiger partial charge on any atom is 0.240 e. The molecule has 0 bridgehead atoms. The fourth-order valence-electron chi connectivity index (χ4n) is 3.11. The van der Waals surface area contributed by atoms with Gasteiger partial charge in [0.1, 0.15) is 0 Å². The second-order valence-corrected chi connectivity index (χ2v) is 7.51. The van der Waals surface area contributed by atoms with E-state index in [9.17, 15) is 4.79 Å². The summed E-state index contributed by atoms with van der Waals surface area (Å²) in [6.45, 7) is 4.82. The number of nitrogens with zero attached hydrogens (tertiary/aromatic N) is 4. The van der Waals surface area contributed by atoms with Crippen molar-refractivity contribution in [2.45, 2.75) is 6.54 Å². The van der Waals surface area contributed by atoms with Gasteiger partial charge in [0, 0.05) is 43.8 Å². The van der Waals surface area contributed by atoms with Gasteiger partial charge in [-0.05, 0) is 12.1 Å². The Balaban J connectivity index is 1.25. The predicted octanol–water partition coefficient (Wildman–Crippen LogP) is 1.36. The first-order chi connectivity index (χ1) is 12.7. The van der Waals surface area contributed by atoms with Crippen LogP contribution in [0.3, 0.4) is 0 Å². The Morgan fingerprint density at radius 1 is 1.23 bits per heavy atom. The quantitative estimate of drug-likeness (QED) is 0.626. The van der Waals surface area contributed by atoms with Crippen molar-refractivity contribution in [1.29, 1.82) is 0 Å². The molecule has 0 atom stereocenters. The molecule has 1 saturated heterocycles. The van der Waals surface area contributed by atoms with Crippen LogP contribution in [-0.4, -0.2) is 63.4 Å². The fraction of sp³-hybridized carbons (Fsp3) is 0.353. The molecule has 9 heteroatoms. The van der Waals surface area contributed by atoms with E-state index in [0.29, 0.717) is 17.6 Å². The van der Waals surface area contributed by atoms with Crippen LogP contribution >= 0.6 is 11.3 Å². The van der Waals surface area contributed by atoms with Crippen LogP contribution in [-0.2, 0) is 11.3 Å². The number of imidazole rings is 1. The zero-order chi connectivity index (χ0) is 17.9. The summed E-state index contributed by atoms with van der Waals surface area (Å²) in [7, 11) is 0. The predicted molar refractivity (Wildman–Crippen MR) is 103 cm³/mol. The molecule has 136 valence electrons. The molecule has 2 aromatic heterocycles. The van der Waals surface area contributed by atoms with Gasteiger partial charge in [0.2, 0.25) is 11.9 Å². The summed E-state index contributed by atoms with van der Waals surface area (Å²) in [5.74, 6) is 0.449. The molecule has 3 aromatic rings. The van der Waals surface area contributed by atoms with Gasteiger partial charge in [-0.2, -0.15) is 0 Å². The number of aromatic nitrogens is 3. The molecule has 0 aliphatic carbocycles. The molecule has 4 N–H and O–H groups in total. The maximum absolute atomic E-state index is 12.3. The third-order valence-electron chi connectivity index (χ3n) is 4.43. The molecule has 0 saturated carbocycles. The highest BCUT2D eigenvalue weighted by atomic mass is 32.1. The summed E-state index contributed by atoms with van der Waals surface area (Å²) in [5, 5.41) is 3.46. The summed E-state index contributed by atoms with van der Waals surface area (Å²) in [6.07, 6.45) is 1.84. The molecular formula is C17H21N7OS. The van der Waals surface area contributed by atoms with E-state index < -0.39 is 0 Å². The van der Waals surface area contributed by atoms with E-state index in [-0.39, 0.29) is 5.91 Å². The maximum atomic E-state index is 12.3. The summed E-state index contributed by atoms with van der Waals surface area (Å²) >= 11 is 1.53.